The highest BCUT2D eigenvalue weighted by Crippen LogP contribution is 2.27. The molecule has 0 aliphatic heterocycles. The van der Waals surface area contributed by atoms with Crippen LogP contribution in [0.25, 0.3) is 0 Å². The second-order valence-electron chi connectivity index (χ2n) is 5.69. The Hall–Kier alpha value is -2.36. The number of hydrogen-bond acceptors (Lipinski definition) is 3. The maximum Gasteiger partial charge on any atom is 0.256 e. The first-order valence-corrected chi connectivity index (χ1v) is 7.46. The fourth-order valence-electron chi connectivity index (χ4n) is 2.51. The SMILES string of the molecule is CCc1cnccc1C(=O)Nc1c(C)cc(N(C)C)cc1C. The molecule has 0 aliphatic rings. The molecule has 4 nitrogen and oxygen atoms in total. The van der Waals surface area contributed by atoms with Crippen LogP contribution in [0.3, 0.4) is 0 Å². The summed E-state index contributed by atoms with van der Waals surface area (Å²) >= 11 is 0. The molecular formula is C18H23N3O. The Bertz CT molecular complexity index is 669. The van der Waals surface area contributed by atoms with E-state index in [0.717, 1.165) is 34.5 Å². The fraction of sp³-hybridized carbons (Fsp3) is 0.333. The second kappa shape index (κ2) is 6.60. The Balaban J connectivity index is 2.33. The number of aryl methyl sites for hydroxylation is 3. The van der Waals surface area contributed by atoms with Crippen molar-refractivity contribution in [2.24, 2.45) is 0 Å². The Morgan fingerprint density at radius 2 is 1.86 bits per heavy atom. The summed E-state index contributed by atoms with van der Waals surface area (Å²) in [6.07, 6.45) is 4.20. The van der Waals surface area contributed by atoms with E-state index in [9.17, 15) is 4.79 Å². The summed E-state index contributed by atoms with van der Waals surface area (Å²) < 4.78 is 0. The summed E-state index contributed by atoms with van der Waals surface area (Å²) in [5.74, 6) is -0.0805. The third-order valence-electron chi connectivity index (χ3n) is 3.80. The second-order valence-corrected chi connectivity index (χ2v) is 5.69. The zero-order valence-electron chi connectivity index (χ0n) is 13.9. The molecule has 0 fully saturated rings. The Morgan fingerprint density at radius 1 is 1.23 bits per heavy atom. The van der Waals surface area contributed by atoms with Gasteiger partial charge in [-0.25, -0.2) is 0 Å². The minimum atomic E-state index is -0.0805. The zero-order chi connectivity index (χ0) is 16.3. The minimum absolute atomic E-state index is 0.0805. The Morgan fingerprint density at radius 3 is 2.41 bits per heavy atom. The normalized spacial score (nSPS) is 10.4. The van der Waals surface area contributed by atoms with Gasteiger partial charge < -0.3 is 10.2 Å². The van der Waals surface area contributed by atoms with Gasteiger partial charge in [0.15, 0.2) is 0 Å². The number of pyridine rings is 1. The van der Waals surface area contributed by atoms with Gasteiger partial charge in [0.25, 0.3) is 5.91 Å². The quantitative estimate of drug-likeness (QED) is 0.938. The van der Waals surface area contributed by atoms with Crippen molar-refractivity contribution in [1.29, 1.82) is 0 Å². The van der Waals surface area contributed by atoms with Gasteiger partial charge in [0, 0.05) is 43.4 Å². The van der Waals surface area contributed by atoms with Crippen molar-refractivity contribution < 1.29 is 4.79 Å². The Labute approximate surface area is 132 Å². The molecule has 0 aliphatic carbocycles. The van der Waals surface area contributed by atoms with Gasteiger partial charge >= 0.3 is 0 Å². The lowest BCUT2D eigenvalue weighted by atomic mass is 10.0. The van der Waals surface area contributed by atoms with E-state index in [-0.39, 0.29) is 5.91 Å². The maximum absolute atomic E-state index is 12.6. The average Bonchev–Trinajstić information content (AvgIpc) is 2.50. The molecule has 116 valence electrons. The molecule has 2 aromatic rings. The summed E-state index contributed by atoms with van der Waals surface area (Å²) in [5, 5.41) is 3.05. The molecule has 22 heavy (non-hydrogen) atoms. The lowest BCUT2D eigenvalue weighted by molar-refractivity contribution is 0.102. The third-order valence-corrected chi connectivity index (χ3v) is 3.80. The number of carbonyl (C=O) groups is 1. The van der Waals surface area contributed by atoms with Crippen LogP contribution in [0.5, 0.6) is 0 Å². The highest BCUT2D eigenvalue weighted by molar-refractivity contribution is 6.06. The first-order valence-electron chi connectivity index (χ1n) is 7.46. The van der Waals surface area contributed by atoms with Crippen LogP contribution in [0.15, 0.2) is 30.6 Å². The lowest BCUT2D eigenvalue weighted by Gasteiger charge is -2.18. The van der Waals surface area contributed by atoms with E-state index in [0.29, 0.717) is 5.56 Å². The summed E-state index contributed by atoms with van der Waals surface area (Å²) in [5.41, 5.74) is 5.78. The van der Waals surface area contributed by atoms with E-state index in [4.69, 9.17) is 0 Å². The topological polar surface area (TPSA) is 45.2 Å². The molecule has 1 amide bonds. The molecule has 2 rings (SSSR count). The van der Waals surface area contributed by atoms with Crippen LogP contribution in [-0.2, 0) is 6.42 Å². The smallest absolute Gasteiger partial charge is 0.256 e. The van der Waals surface area contributed by atoms with Crippen molar-refractivity contribution in [2.75, 3.05) is 24.3 Å². The van der Waals surface area contributed by atoms with Gasteiger partial charge in [-0.15, -0.1) is 0 Å². The van der Waals surface area contributed by atoms with Crippen molar-refractivity contribution in [1.82, 2.24) is 4.98 Å². The van der Waals surface area contributed by atoms with Crippen molar-refractivity contribution in [3.8, 4) is 0 Å². The first-order chi connectivity index (χ1) is 10.4. The fourth-order valence-corrected chi connectivity index (χ4v) is 2.51. The molecule has 0 spiro atoms. The van der Waals surface area contributed by atoms with Crippen molar-refractivity contribution in [3.63, 3.8) is 0 Å². The van der Waals surface area contributed by atoms with Crippen LogP contribution >= 0.6 is 0 Å². The molecular weight excluding hydrogens is 274 g/mol. The summed E-state index contributed by atoms with van der Waals surface area (Å²) in [6.45, 7) is 6.06. The molecule has 0 saturated heterocycles. The van der Waals surface area contributed by atoms with Crippen LogP contribution in [0.4, 0.5) is 11.4 Å². The van der Waals surface area contributed by atoms with E-state index in [1.54, 1.807) is 18.5 Å². The molecule has 1 aromatic heterocycles. The predicted octanol–water partition coefficient (Wildman–Crippen LogP) is 3.58. The van der Waals surface area contributed by atoms with Crippen LogP contribution < -0.4 is 10.2 Å². The molecule has 0 atom stereocenters. The van der Waals surface area contributed by atoms with Gasteiger partial charge in [-0.2, -0.15) is 0 Å². The minimum Gasteiger partial charge on any atom is -0.378 e. The van der Waals surface area contributed by atoms with Crippen molar-refractivity contribution >= 4 is 17.3 Å². The molecule has 0 unspecified atom stereocenters. The van der Waals surface area contributed by atoms with E-state index < -0.39 is 0 Å². The van der Waals surface area contributed by atoms with Crippen LogP contribution in [0.1, 0.15) is 34.0 Å². The summed E-state index contributed by atoms with van der Waals surface area (Å²) in [4.78, 5) is 18.7. The van der Waals surface area contributed by atoms with Gasteiger partial charge in [-0.1, -0.05) is 6.92 Å². The number of aromatic nitrogens is 1. The molecule has 0 saturated carbocycles. The first kappa shape index (κ1) is 16.0. The standard InChI is InChI=1S/C18H23N3O/c1-6-14-11-19-8-7-16(14)18(22)20-17-12(2)9-15(21(4)5)10-13(17)3/h7-11H,6H2,1-5H3,(H,20,22). The Kier molecular flexibility index (Phi) is 4.81. The van der Waals surface area contributed by atoms with Crippen molar-refractivity contribution in [2.45, 2.75) is 27.2 Å². The van der Waals surface area contributed by atoms with Crippen molar-refractivity contribution in [3.05, 3.63) is 52.8 Å². The summed E-state index contributed by atoms with van der Waals surface area (Å²) in [7, 11) is 4.02. The molecule has 0 bridgehead atoms. The molecule has 0 radical (unpaired) electrons. The number of carbonyl (C=O) groups excluding carboxylic acids is 1. The third kappa shape index (κ3) is 3.27. The summed E-state index contributed by atoms with van der Waals surface area (Å²) in [6, 6.07) is 5.93. The van der Waals surface area contributed by atoms with E-state index in [1.807, 2.05) is 34.9 Å². The van der Waals surface area contributed by atoms with Crippen LogP contribution in [-0.4, -0.2) is 25.0 Å². The maximum atomic E-state index is 12.6. The number of anilines is 2. The number of hydrogen-bond donors (Lipinski definition) is 1. The van der Waals surface area contributed by atoms with E-state index in [1.165, 1.54) is 0 Å². The molecule has 1 aromatic carbocycles. The highest BCUT2D eigenvalue weighted by Gasteiger charge is 2.14. The van der Waals surface area contributed by atoms with Gasteiger partial charge in [-0.05, 0) is 55.2 Å². The van der Waals surface area contributed by atoms with E-state index >= 15 is 0 Å². The largest absolute Gasteiger partial charge is 0.378 e. The van der Waals surface area contributed by atoms with Gasteiger partial charge in [0.05, 0.1) is 0 Å². The monoisotopic (exact) mass is 297 g/mol. The molecule has 4 heteroatoms. The van der Waals surface area contributed by atoms with Crippen LogP contribution in [0.2, 0.25) is 0 Å². The van der Waals surface area contributed by atoms with E-state index in [2.05, 4.69) is 27.3 Å². The van der Waals surface area contributed by atoms with Gasteiger partial charge in [0.2, 0.25) is 0 Å². The molecule has 1 N–H and O–H groups in total. The average molecular weight is 297 g/mol. The zero-order valence-corrected chi connectivity index (χ0v) is 13.9. The number of nitrogens with one attached hydrogen (secondary N) is 1. The lowest BCUT2D eigenvalue weighted by Crippen LogP contribution is -2.17. The number of benzene rings is 1. The number of amides is 1. The van der Waals surface area contributed by atoms with Crippen LogP contribution in [0, 0.1) is 13.8 Å². The predicted molar refractivity (Wildman–Crippen MR) is 91.8 cm³/mol. The molecule has 1 heterocycles. The van der Waals surface area contributed by atoms with Gasteiger partial charge in [0.1, 0.15) is 0 Å². The number of rotatable bonds is 4. The number of nitrogens with zero attached hydrogens (tertiary/aromatic N) is 2. The van der Waals surface area contributed by atoms with Gasteiger partial charge in [-0.3, -0.25) is 9.78 Å². The highest BCUT2D eigenvalue weighted by atomic mass is 16.1.